The number of nitrogens with zero attached hydrogens (tertiary/aromatic N) is 6. The Labute approximate surface area is 228 Å². The second-order valence-corrected chi connectivity index (χ2v) is 8.91. The molecule has 0 fully saturated rings. The normalized spacial score (nSPS) is 10.9. The van der Waals surface area contributed by atoms with Gasteiger partial charge in [0, 0.05) is 36.6 Å². The van der Waals surface area contributed by atoms with Gasteiger partial charge in [-0.05, 0) is 43.3 Å². The largest absolute Gasteiger partial charge is 0.462 e. The molecule has 4 aromatic heterocycles. The van der Waals surface area contributed by atoms with E-state index >= 15 is 0 Å². The zero-order valence-corrected chi connectivity index (χ0v) is 21.8. The van der Waals surface area contributed by atoms with E-state index in [-0.39, 0.29) is 24.7 Å². The average molecular weight is 543 g/mol. The Morgan fingerprint density at radius 3 is 2.67 bits per heavy atom. The molecule has 0 spiro atoms. The summed E-state index contributed by atoms with van der Waals surface area (Å²) >= 11 is 6.54. The van der Waals surface area contributed by atoms with Gasteiger partial charge in [0.25, 0.3) is 5.91 Å². The van der Waals surface area contributed by atoms with Crippen molar-refractivity contribution in [2.75, 3.05) is 12.3 Å². The summed E-state index contributed by atoms with van der Waals surface area (Å²) in [6, 6.07) is 12.3. The van der Waals surface area contributed by atoms with E-state index in [2.05, 4.69) is 30.4 Å². The van der Waals surface area contributed by atoms with Crippen molar-refractivity contribution in [1.29, 1.82) is 0 Å². The van der Waals surface area contributed by atoms with Gasteiger partial charge in [-0.1, -0.05) is 17.7 Å². The number of aromatic nitrogens is 6. The first-order valence-electron chi connectivity index (χ1n) is 12.0. The fourth-order valence-electron chi connectivity index (χ4n) is 3.94. The topological polar surface area (TPSA) is 151 Å². The highest BCUT2D eigenvalue weighted by molar-refractivity contribution is 6.35. The maximum absolute atomic E-state index is 13.2. The maximum atomic E-state index is 13.2. The lowest BCUT2D eigenvalue weighted by Gasteiger charge is -2.13. The van der Waals surface area contributed by atoms with Gasteiger partial charge in [0.15, 0.2) is 11.5 Å². The summed E-state index contributed by atoms with van der Waals surface area (Å²) in [6.45, 7) is 2.07. The molecule has 12 heteroatoms. The van der Waals surface area contributed by atoms with E-state index in [9.17, 15) is 9.59 Å². The number of pyridine rings is 2. The molecule has 0 saturated heterocycles. The fraction of sp³-hybridized carbons (Fsp3) is 0.148. The lowest BCUT2D eigenvalue weighted by atomic mass is 10.0. The van der Waals surface area contributed by atoms with E-state index < -0.39 is 11.9 Å². The number of fused-ring (bicyclic) bond motifs is 1. The van der Waals surface area contributed by atoms with Crippen LogP contribution in [0.5, 0.6) is 0 Å². The van der Waals surface area contributed by atoms with Crippen LogP contribution < -0.4 is 11.1 Å². The molecule has 39 heavy (non-hydrogen) atoms. The minimum atomic E-state index is -0.543. The van der Waals surface area contributed by atoms with Crippen molar-refractivity contribution in [2.45, 2.75) is 13.5 Å². The number of benzene rings is 1. The number of anilines is 1. The molecule has 0 saturated carbocycles. The Kier molecular flexibility index (Phi) is 7.15. The van der Waals surface area contributed by atoms with Gasteiger partial charge in [0.1, 0.15) is 11.4 Å². The molecule has 3 N–H and O–H groups in total. The molecule has 4 heterocycles. The van der Waals surface area contributed by atoms with Gasteiger partial charge in [-0.15, -0.1) is 0 Å². The van der Waals surface area contributed by atoms with E-state index in [4.69, 9.17) is 22.1 Å². The maximum Gasteiger partial charge on any atom is 0.339 e. The Morgan fingerprint density at radius 1 is 1.10 bits per heavy atom. The summed E-state index contributed by atoms with van der Waals surface area (Å²) in [5.74, 6) is -1.07. The van der Waals surface area contributed by atoms with Gasteiger partial charge in [-0.2, -0.15) is 5.10 Å². The molecule has 0 bridgehead atoms. The minimum Gasteiger partial charge on any atom is -0.462 e. The number of carbonyl (C=O) groups is 2. The highest BCUT2D eigenvalue weighted by Gasteiger charge is 2.22. The highest BCUT2D eigenvalue weighted by atomic mass is 35.5. The van der Waals surface area contributed by atoms with Crippen molar-refractivity contribution in [2.24, 2.45) is 7.05 Å². The number of aryl methyl sites for hydroxylation is 1. The molecular weight excluding hydrogens is 520 g/mol. The summed E-state index contributed by atoms with van der Waals surface area (Å²) in [5.41, 5.74) is 9.59. The third kappa shape index (κ3) is 5.39. The first-order chi connectivity index (χ1) is 18.8. The van der Waals surface area contributed by atoms with Gasteiger partial charge in [0.2, 0.25) is 0 Å². The molecule has 5 rings (SSSR count). The van der Waals surface area contributed by atoms with Crippen LogP contribution in [0.2, 0.25) is 5.02 Å². The summed E-state index contributed by atoms with van der Waals surface area (Å²) in [7, 11) is 1.79. The number of esters is 1. The quantitative estimate of drug-likeness (QED) is 0.292. The lowest BCUT2D eigenvalue weighted by Crippen LogP contribution is -2.26. The molecule has 0 aliphatic rings. The van der Waals surface area contributed by atoms with Crippen molar-refractivity contribution < 1.29 is 14.3 Å². The van der Waals surface area contributed by atoms with E-state index in [1.807, 2.05) is 18.2 Å². The number of nitrogens with one attached hydrogen (secondary N) is 1. The zero-order chi connectivity index (χ0) is 27.5. The van der Waals surface area contributed by atoms with Gasteiger partial charge >= 0.3 is 5.97 Å². The molecule has 196 valence electrons. The van der Waals surface area contributed by atoms with Gasteiger partial charge < -0.3 is 15.8 Å². The molecule has 11 nitrogen and oxygen atoms in total. The van der Waals surface area contributed by atoms with Gasteiger partial charge in [0.05, 0.1) is 40.6 Å². The summed E-state index contributed by atoms with van der Waals surface area (Å²) < 4.78 is 6.60. The molecule has 1 amide bonds. The predicted molar refractivity (Wildman–Crippen MR) is 146 cm³/mol. The van der Waals surface area contributed by atoms with Crippen molar-refractivity contribution >= 4 is 40.2 Å². The molecule has 0 atom stereocenters. The number of amides is 1. The molecule has 1 aromatic carbocycles. The predicted octanol–water partition coefficient (Wildman–Crippen LogP) is 3.83. The van der Waals surface area contributed by atoms with E-state index in [0.29, 0.717) is 44.4 Å². The van der Waals surface area contributed by atoms with Crippen LogP contribution in [0.25, 0.3) is 33.5 Å². The Hall–Kier alpha value is -4.90. The lowest BCUT2D eigenvalue weighted by molar-refractivity contribution is 0.0525. The standard InChI is InChI=1S/C27H23ClN8O3/c1-3-39-27(38)16-6-7-18(31-13-16)14-32-26(37)24-25(29)34-23(20-8-10-36(2)35-20)22(33-24)17-11-15-5-4-9-30-21(15)19(28)12-17/h4-13H,3,14H2,1-2H3,(H2,29,34)(H,32,37). The number of nitrogens with two attached hydrogens (primary N) is 1. The van der Waals surface area contributed by atoms with Crippen LogP contribution in [0.4, 0.5) is 5.82 Å². The first kappa shape index (κ1) is 25.7. The third-order valence-electron chi connectivity index (χ3n) is 5.79. The van der Waals surface area contributed by atoms with E-state index in [1.54, 1.807) is 55.3 Å². The monoisotopic (exact) mass is 542 g/mol. The number of carbonyl (C=O) groups excluding carboxylic acids is 2. The number of nitrogen functional groups attached to an aromatic ring is 1. The second-order valence-electron chi connectivity index (χ2n) is 8.50. The van der Waals surface area contributed by atoms with E-state index in [1.165, 1.54) is 6.20 Å². The molecule has 0 unspecified atom stereocenters. The van der Waals surface area contributed by atoms with Gasteiger partial charge in [-0.25, -0.2) is 14.8 Å². The highest BCUT2D eigenvalue weighted by Crippen LogP contribution is 2.34. The molecule has 5 aromatic rings. The minimum absolute atomic E-state index is 0.0592. The molecule has 0 aliphatic carbocycles. The van der Waals surface area contributed by atoms with Crippen LogP contribution in [0, 0.1) is 0 Å². The fourth-order valence-corrected chi connectivity index (χ4v) is 4.22. The Bertz CT molecular complexity index is 1700. The Balaban J connectivity index is 1.49. The second kappa shape index (κ2) is 10.8. The van der Waals surface area contributed by atoms with Crippen LogP contribution >= 0.6 is 11.6 Å². The van der Waals surface area contributed by atoms with Gasteiger partial charge in [-0.3, -0.25) is 19.4 Å². The smallest absolute Gasteiger partial charge is 0.339 e. The van der Waals surface area contributed by atoms with Crippen molar-refractivity contribution in [3.63, 3.8) is 0 Å². The van der Waals surface area contributed by atoms with E-state index in [0.717, 1.165) is 5.39 Å². The molecule has 0 radical (unpaired) electrons. The van der Waals surface area contributed by atoms with Crippen LogP contribution in [-0.4, -0.2) is 48.2 Å². The number of hydrogen-bond donors (Lipinski definition) is 2. The number of halogens is 1. The van der Waals surface area contributed by atoms with Crippen LogP contribution in [0.1, 0.15) is 33.5 Å². The third-order valence-corrected chi connectivity index (χ3v) is 6.08. The molecular formula is C27H23ClN8O3. The summed E-state index contributed by atoms with van der Waals surface area (Å²) in [6.07, 6.45) is 4.83. The van der Waals surface area contributed by atoms with Crippen molar-refractivity contribution in [3.8, 4) is 22.6 Å². The van der Waals surface area contributed by atoms with Crippen molar-refractivity contribution in [1.82, 2.24) is 35.0 Å². The number of ether oxygens (including phenoxy) is 1. The van der Waals surface area contributed by atoms with Crippen molar-refractivity contribution in [3.05, 3.63) is 83.0 Å². The first-order valence-corrected chi connectivity index (χ1v) is 12.3. The number of rotatable bonds is 7. The average Bonchev–Trinajstić information content (AvgIpc) is 3.38. The van der Waals surface area contributed by atoms with Crippen LogP contribution in [0.15, 0.2) is 61.1 Å². The Morgan fingerprint density at radius 2 is 1.95 bits per heavy atom. The molecule has 0 aliphatic heterocycles. The van der Waals surface area contributed by atoms with Crippen LogP contribution in [-0.2, 0) is 18.3 Å². The number of hydrogen-bond acceptors (Lipinski definition) is 9. The van der Waals surface area contributed by atoms with Crippen LogP contribution in [0.3, 0.4) is 0 Å². The zero-order valence-electron chi connectivity index (χ0n) is 21.1. The SMILES string of the molecule is CCOC(=O)c1ccc(CNC(=O)c2nc(-c3cc(Cl)c4ncccc4c3)c(-c3ccn(C)n3)nc2N)nc1. The summed E-state index contributed by atoms with van der Waals surface area (Å²) in [5, 5.41) is 8.43. The summed E-state index contributed by atoms with van der Waals surface area (Å²) in [4.78, 5) is 42.7.